The van der Waals surface area contributed by atoms with Gasteiger partial charge in [-0.15, -0.1) is 0 Å². The maximum atomic E-state index is 14.1. The quantitative estimate of drug-likeness (QED) is 0.318. The van der Waals surface area contributed by atoms with Crippen molar-refractivity contribution in [3.8, 4) is 0 Å². The van der Waals surface area contributed by atoms with Gasteiger partial charge in [-0.2, -0.15) is 0 Å². The summed E-state index contributed by atoms with van der Waals surface area (Å²) in [5, 5.41) is 8.46. The summed E-state index contributed by atoms with van der Waals surface area (Å²) >= 11 is 0. The number of fused-ring (bicyclic) bond motifs is 1. The fraction of sp³-hybridized carbons (Fsp3) is 0.190. The first-order chi connectivity index (χ1) is 13.6. The van der Waals surface area contributed by atoms with Crippen LogP contribution in [-0.2, 0) is 4.79 Å². The molecule has 28 heavy (non-hydrogen) atoms. The highest BCUT2D eigenvalue weighted by molar-refractivity contribution is 6.44. The number of halogens is 1. The summed E-state index contributed by atoms with van der Waals surface area (Å²) in [4.78, 5) is 31.5. The first-order valence-electron chi connectivity index (χ1n) is 9.04. The van der Waals surface area contributed by atoms with Crippen LogP contribution in [0.2, 0.25) is 0 Å². The molecule has 1 amide bonds. The summed E-state index contributed by atoms with van der Waals surface area (Å²) in [7, 11) is 0. The normalized spacial score (nSPS) is 14.3. The Balaban J connectivity index is 1.45. The summed E-state index contributed by atoms with van der Waals surface area (Å²) < 4.78 is 14.1. The van der Waals surface area contributed by atoms with Gasteiger partial charge in [0, 0.05) is 48.8 Å². The second-order valence-electron chi connectivity index (χ2n) is 6.69. The Bertz CT molecular complexity index is 1050. The zero-order chi connectivity index (χ0) is 19.7. The molecule has 3 aromatic rings. The predicted octanol–water partition coefficient (Wildman–Crippen LogP) is 2.66. The van der Waals surface area contributed by atoms with Crippen LogP contribution in [-0.4, -0.2) is 58.5 Å². The third-order valence-corrected chi connectivity index (χ3v) is 5.02. The van der Waals surface area contributed by atoms with Crippen molar-refractivity contribution in [2.75, 3.05) is 26.2 Å². The highest BCUT2D eigenvalue weighted by Gasteiger charge is 2.29. The predicted molar refractivity (Wildman–Crippen MR) is 104 cm³/mol. The van der Waals surface area contributed by atoms with E-state index in [1.807, 2.05) is 35.2 Å². The van der Waals surface area contributed by atoms with Crippen molar-refractivity contribution in [1.29, 1.82) is 5.41 Å². The summed E-state index contributed by atoms with van der Waals surface area (Å²) in [6, 6.07) is 13.9. The summed E-state index contributed by atoms with van der Waals surface area (Å²) in [5.41, 5.74) is 1.35. The monoisotopic (exact) mass is 378 g/mol. The Morgan fingerprint density at radius 1 is 0.929 bits per heavy atom. The molecule has 142 valence electrons. The zero-order valence-corrected chi connectivity index (χ0v) is 15.1. The van der Waals surface area contributed by atoms with Gasteiger partial charge in [0.05, 0.1) is 5.56 Å². The number of hydrogen-bond donors (Lipinski definition) is 2. The van der Waals surface area contributed by atoms with E-state index in [2.05, 4.69) is 4.98 Å². The van der Waals surface area contributed by atoms with Gasteiger partial charge in [-0.3, -0.25) is 15.0 Å². The van der Waals surface area contributed by atoms with E-state index in [1.54, 1.807) is 12.1 Å². The Labute approximate surface area is 161 Å². The Morgan fingerprint density at radius 3 is 2.32 bits per heavy atom. The van der Waals surface area contributed by atoms with Crippen molar-refractivity contribution in [2.24, 2.45) is 0 Å². The van der Waals surface area contributed by atoms with Crippen molar-refractivity contribution < 1.29 is 14.0 Å². The van der Waals surface area contributed by atoms with E-state index in [4.69, 9.17) is 5.41 Å². The zero-order valence-electron chi connectivity index (χ0n) is 15.1. The van der Waals surface area contributed by atoms with E-state index in [0.29, 0.717) is 37.5 Å². The third kappa shape index (κ3) is 3.15. The average molecular weight is 378 g/mol. The van der Waals surface area contributed by atoms with E-state index in [9.17, 15) is 14.0 Å². The van der Waals surface area contributed by atoms with Crippen LogP contribution in [0.15, 0.2) is 54.7 Å². The van der Waals surface area contributed by atoms with Crippen LogP contribution in [0.25, 0.3) is 10.9 Å². The minimum absolute atomic E-state index is 0.0533. The molecule has 6 nitrogen and oxygen atoms in total. The number of H-pyrrole nitrogens is 1. The van der Waals surface area contributed by atoms with Gasteiger partial charge in [-0.25, -0.2) is 4.39 Å². The molecule has 1 aliphatic rings. The first kappa shape index (κ1) is 17.9. The Hall–Kier alpha value is -3.48. The molecule has 0 radical (unpaired) electrons. The molecule has 7 heteroatoms. The fourth-order valence-corrected chi connectivity index (χ4v) is 3.49. The molecule has 1 fully saturated rings. The number of nitrogens with one attached hydrogen (secondary N) is 2. The number of aromatic amines is 1. The SMILES string of the molecule is N=C(c1ccccc1)N1CCN(C(=O)C(=O)c2c[nH]c3cccc(F)c23)CC1. The lowest BCUT2D eigenvalue weighted by Crippen LogP contribution is -2.52. The van der Waals surface area contributed by atoms with Gasteiger partial charge < -0.3 is 14.8 Å². The van der Waals surface area contributed by atoms with Crippen LogP contribution >= 0.6 is 0 Å². The number of amidine groups is 1. The number of benzene rings is 2. The second kappa shape index (κ2) is 7.26. The average Bonchev–Trinajstić information content (AvgIpc) is 3.18. The van der Waals surface area contributed by atoms with Crippen LogP contribution in [0.5, 0.6) is 0 Å². The first-order valence-corrected chi connectivity index (χ1v) is 9.04. The van der Waals surface area contributed by atoms with Crippen molar-refractivity contribution in [1.82, 2.24) is 14.8 Å². The molecule has 1 saturated heterocycles. The molecule has 1 aromatic heterocycles. The molecule has 2 aromatic carbocycles. The van der Waals surface area contributed by atoms with E-state index in [1.165, 1.54) is 17.2 Å². The lowest BCUT2D eigenvalue weighted by molar-refractivity contribution is -0.127. The van der Waals surface area contributed by atoms with E-state index >= 15 is 0 Å². The molecule has 2 N–H and O–H groups in total. The Kier molecular flexibility index (Phi) is 4.65. The van der Waals surface area contributed by atoms with Crippen molar-refractivity contribution in [3.63, 3.8) is 0 Å². The van der Waals surface area contributed by atoms with E-state index < -0.39 is 17.5 Å². The van der Waals surface area contributed by atoms with Crippen LogP contribution in [0.4, 0.5) is 4.39 Å². The van der Waals surface area contributed by atoms with Crippen LogP contribution in [0.3, 0.4) is 0 Å². The lowest BCUT2D eigenvalue weighted by Gasteiger charge is -2.35. The maximum Gasteiger partial charge on any atom is 0.295 e. The number of piperazine rings is 1. The van der Waals surface area contributed by atoms with Crippen molar-refractivity contribution in [3.05, 3.63) is 71.7 Å². The van der Waals surface area contributed by atoms with E-state index in [-0.39, 0.29) is 10.9 Å². The Morgan fingerprint density at radius 2 is 1.61 bits per heavy atom. The number of aromatic nitrogens is 1. The van der Waals surface area contributed by atoms with Crippen LogP contribution < -0.4 is 0 Å². The molecular weight excluding hydrogens is 359 g/mol. The molecule has 1 aliphatic heterocycles. The molecule has 2 heterocycles. The van der Waals surface area contributed by atoms with Crippen molar-refractivity contribution >= 4 is 28.4 Å². The van der Waals surface area contributed by atoms with Gasteiger partial charge in [-0.1, -0.05) is 36.4 Å². The molecule has 0 bridgehead atoms. The summed E-state index contributed by atoms with van der Waals surface area (Å²) in [5.74, 6) is -1.49. The van der Waals surface area contributed by atoms with Crippen LogP contribution in [0, 0.1) is 11.2 Å². The number of nitrogens with zero attached hydrogens (tertiary/aromatic N) is 2. The fourth-order valence-electron chi connectivity index (χ4n) is 3.49. The number of carbonyl (C=O) groups is 2. The molecule has 0 aliphatic carbocycles. The molecule has 0 saturated carbocycles. The number of hydrogen-bond acceptors (Lipinski definition) is 3. The van der Waals surface area contributed by atoms with E-state index in [0.717, 1.165) is 5.56 Å². The number of Topliss-reactive ketones (excluding diaryl/α,β-unsaturated/α-hetero) is 1. The smallest absolute Gasteiger partial charge is 0.295 e. The van der Waals surface area contributed by atoms with Gasteiger partial charge in [0.25, 0.3) is 11.7 Å². The molecular formula is C21H19FN4O2. The summed E-state index contributed by atoms with van der Waals surface area (Å²) in [6.45, 7) is 1.61. The molecule has 0 unspecified atom stereocenters. The topological polar surface area (TPSA) is 80.3 Å². The number of ketones is 1. The van der Waals surface area contributed by atoms with Gasteiger partial charge in [0.2, 0.25) is 0 Å². The van der Waals surface area contributed by atoms with Gasteiger partial charge in [-0.05, 0) is 12.1 Å². The summed E-state index contributed by atoms with van der Waals surface area (Å²) in [6.07, 6.45) is 1.38. The molecule has 4 rings (SSSR count). The van der Waals surface area contributed by atoms with Crippen molar-refractivity contribution in [2.45, 2.75) is 0 Å². The number of amides is 1. The second-order valence-corrected chi connectivity index (χ2v) is 6.69. The standard InChI is InChI=1S/C21H19FN4O2/c22-16-7-4-8-17-18(16)15(13-24-17)19(27)21(28)26-11-9-25(10-12-26)20(23)14-5-2-1-3-6-14/h1-8,13,23-24H,9-12H2. The number of rotatable bonds is 3. The van der Waals surface area contributed by atoms with Gasteiger partial charge >= 0.3 is 0 Å². The lowest BCUT2D eigenvalue weighted by atomic mass is 10.1. The van der Waals surface area contributed by atoms with Crippen LogP contribution in [0.1, 0.15) is 15.9 Å². The van der Waals surface area contributed by atoms with Gasteiger partial charge in [0.1, 0.15) is 11.7 Å². The third-order valence-electron chi connectivity index (χ3n) is 5.02. The minimum Gasteiger partial charge on any atom is -0.360 e. The molecule has 0 atom stereocenters. The maximum absolute atomic E-state index is 14.1. The highest BCUT2D eigenvalue weighted by atomic mass is 19.1. The van der Waals surface area contributed by atoms with Gasteiger partial charge in [0.15, 0.2) is 0 Å². The highest BCUT2D eigenvalue weighted by Crippen LogP contribution is 2.22. The number of carbonyl (C=O) groups excluding carboxylic acids is 2. The minimum atomic E-state index is -0.720. The molecule has 0 spiro atoms. The largest absolute Gasteiger partial charge is 0.360 e.